The van der Waals surface area contributed by atoms with Crippen molar-refractivity contribution in [2.45, 2.75) is 0 Å². The summed E-state index contributed by atoms with van der Waals surface area (Å²) in [5.41, 5.74) is 0. The van der Waals surface area contributed by atoms with Gasteiger partial charge in [-0.05, 0) is 12.1 Å². The molecule has 1 fully saturated rings. The molecule has 2 rings (SSSR count). The molecular weight excluding hydrogens is 154 g/mol. The first-order valence-corrected chi connectivity index (χ1v) is 3.98. The molecule has 1 N–H and O–H groups in total. The summed E-state index contributed by atoms with van der Waals surface area (Å²) in [6.07, 6.45) is 3.37. The molecule has 1 aliphatic rings. The van der Waals surface area contributed by atoms with E-state index in [2.05, 4.69) is 10.4 Å². The van der Waals surface area contributed by atoms with Gasteiger partial charge in [-0.1, -0.05) is 0 Å². The lowest BCUT2D eigenvalue weighted by molar-refractivity contribution is 0.357. The van der Waals surface area contributed by atoms with Crippen LogP contribution in [0, 0.1) is 0 Å². The van der Waals surface area contributed by atoms with E-state index in [4.69, 9.17) is 4.42 Å². The molecule has 0 unspecified atom stereocenters. The maximum atomic E-state index is 5.10. The fourth-order valence-electron chi connectivity index (χ4n) is 1.10. The highest BCUT2D eigenvalue weighted by atomic mass is 16.3. The molecule has 0 aliphatic carbocycles. The third-order valence-electron chi connectivity index (χ3n) is 1.73. The van der Waals surface area contributed by atoms with Crippen LogP contribution in [0.1, 0.15) is 5.76 Å². The predicted molar refractivity (Wildman–Crippen MR) is 45.9 cm³/mol. The lowest BCUT2D eigenvalue weighted by Gasteiger charge is -2.06. The predicted octanol–water partition coefficient (Wildman–Crippen LogP) is 0.476. The highest BCUT2D eigenvalue weighted by Crippen LogP contribution is 1.97. The molecule has 0 bridgehead atoms. The summed E-state index contributed by atoms with van der Waals surface area (Å²) in [7, 11) is 0. The van der Waals surface area contributed by atoms with E-state index < -0.39 is 0 Å². The van der Waals surface area contributed by atoms with Crippen molar-refractivity contribution < 1.29 is 4.42 Å². The first kappa shape index (κ1) is 7.36. The van der Waals surface area contributed by atoms with Crippen LogP contribution >= 0.6 is 0 Å². The molecule has 0 amide bonds. The van der Waals surface area contributed by atoms with Gasteiger partial charge < -0.3 is 4.42 Å². The van der Waals surface area contributed by atoms with Crippen molar-refractivity contribution in [1.29, 1.82) is 0 Å². The zero-order valence-corrected chi connectivity index (χ0v) is 6.73. The van der Waals surface area contributed by atoms with E-state index in [0.717, 1.165) is 25.5 Å². The van der Waals surface area contributed by atoms with Crippen molar-refractivity contribution in [1.82, 2.24) is 10.3 Å². The van der Waals surface area contributed by atoms with Gasteiger partial charge >= 0.3 is 0 Å². The second-order valence-corrected chi connectivity index (χ2v) is 2.65. The van der Waals surface area contributed by atoms with E-state index in [9.17, 15) is 0 Å². The van der Waals surface area contributed by atoms with E-state index in [0.29, 0.717) is 0 Å². The fourth-order valence-corrected chi connectivity index (χ4v) is 1.10. The summed E-state index contributed by atoms with van der Waals surface area (Å²) in [6, 6.07) is 3.73. The molecule has 0 atom stereocenters. The zero-order chi connectivity index (χ0) is 8.23. The minimum absolute atomic E-state index is 0.793. The fraction of sp³-hybridized carbons (Fsp3) is 0.375. The Bertz CT molecular complexity index is 249. The average Bonchev–Trinajstić information content (AvgIpc) is 2.74. The second kappa shape index (κ2) is 3.40. The molecule has 2 heterocycles. The zero-order valence-electron chi connectivity index (χ0n) is 6.73. The third-order valence-corrected chi connectivity index (χ3v) is 1.73. The Labute approximate surface area is 70.9 Å². The highest BCUT2D eigenvalue weighted by Gasteiger charge is 2.05. The maximum absolute atomic E-state index is 5.10. The molecule has 1 aliphatic heterocycles. The van der Waals surface area contributed by atoms with Crippen LogP contribution < -0.4 is 5.32 Å². The molecule has 0 spiro atoms. The molecule has 1 saturated heterocycles. The van der Waals surface area contributed by atoms with Crippen molar-refractivity contribution in [2.75, 3.05) is 19.8 Å². The van der Waals surface area contributed by atoms with Gasteiger partial charge in [-0.15, -0.1) is 0 Å². The Balaban J connectivity index is 1.93. The minimum Gasteiger partial charge on any atom is -0.463 e. The van der Waals surface area contributed by atoms with Crippen LogP contribution in [0.15, 0.2) is 27.9 Å². The Kier molecular flexibility index (Phi) is 2.09. The maximum Gasteiger partial charge on any atom is 0.146 e. The Hall–Kier alpha value is -1.29. The lowest BCUT2D eigenvalue weighted by Crippen LogP contribution is -2.15. The number of hydrogen-bond donors (Lipinski definition) is 1. The van der Waals surface area contributed by atoms with E-state index in [-0.39, 0.29) is 0 Å². The van der Waals surface area contributed by atoms with Gasteiger partial charge in [0.1, 0.15) is 5.76 Å². The van der Waals surface area contributed by atoms with Gasteiger partial charge in [0.15, 0.2) is 0 Å². The summed E-state index contributed by atoms with van der Waals surface area (Å²) in [6.45, 7) is 2.81. The molecule has 12 heavy (non-hydrogen) atoms. The first-order valence-electron chi connectivity index (χ1n) is 3.98. The summed E-state index contributed by atoms with van der Waals surface area (Å²) in [4.78, 5) is 0. The number of hydrazone groups is 1. The van der Waals surface area contributed by atoms with Crippen LogP contribution in [0.4, 0.5) is 0 Å². The second-order valence-electron chi connectivity index (χ2n) is 2.65. The molecule has 1 aromatic rings. The van der Waals surface area contributed by atoms with Crippen molar-refractivity contribution in [3.05, 3.63) is 24.2 Å². The van der Waals surface area contributed by atoms with Crippen LogP contribution in [0.5, 0.6) is 0 Å². The molecule has 0 radical (unpaired) electrons. The Morgan fingerprint density at radius 2 is 2.67 bits per heavy atom. The van der Waals surface area contributed by atoms with Crippen LogP contribution in [0.2, 0.25) is 0 Å². The highest BCUT2D eigenvalue weighted by molar-refractivity contribution is 5.75. The monoisotopic (exact) mass is 165 g/mol. The van der Waals surface area contributed by atoms with Gasteiger partial charge in [-0.3, -0.25) is 10.3 Å². The van der Waals surface area contributed by atoms with Crippen LogP contribution in [-0.4, -0.2) is 31.0 Å². The normalized spacial score (nSPS) is 17.8. The number of hydrogen-bond acceptors (Lipinski definition) is 4. The largest absolute Gasteiger partial charge is 0.463 e. The lowest BCUT2D eigenvalue weighted by atomic mass is 10.5. The van der Waals surface area contributed by atoms with E-state index in [1.165, 1.54) is 0 Å². The number of nitrogens with one attached hydrogen (secondary N) is 1. The van der Waals surface area contributed by atoms with Gasteiger partial charge in [0.25, 0.3) is 0 Å². The summed E-state index contributed by atoms with van der Waals surface area (Å²) in [5.74, 6) is 0.793. The molecule has 4 heteroatoms. The summed E-state index contributed by atoms with van der Waals surface area (Å²) < 4.78 is 5.10. The SMILES string of the molecule is C(=NN1CCNC1)c1ccco1. The van der Waals surface area contributed by atoms with Crippen molar-refractivity contribution >= 4 is 6.21 Å². The van der Waals surface area contributed by atoms with Crippen LogP contribution in [0.3, 0.4) is 0 Å². The van der Waals surface area contributed by atoms with Gasteiger partial charge in [-0.25, -0.2) is 0 Å². The van der Waals surface area contributed by atoms with Crippen LogP contribution in [0.25, 0.3) is 0 Å². The molecule has 0 saturated carbocycles. The third kappa shape index (κ3) is 1.65. The van der Waals surface area contributed by atoms with Gasteiger partial charge in [0.2, 0.25) is 0 Å². The quantitative estimate of drug-likeness (QED) is 0.648. The standard InChI is InChI=1S/C8H11N3O/c1-2-8(12-5-1)6-10-11-4-3-9-7-11/h1-2,5-6,9H,3-4,7H2. The molecule has 4 nitrogen and oxygen atoms in total. The van der Waals surface area contributed by atoms with Gasteiger partial charge in [0, 0.05) is 6.54 Å². The number of furan rings is 1. The van der Waals surface area contributed by atoms with E-state index >= 15 is 0 Å². The van der Waals surface area contributed by atoms with Crippen molar-refractivity contribution in [3.63, 3.8) is 0 Å². The molecular formula is C8H11N3O. The molecule has 64 valence electrons. The van der Waals surface area contributed by atoms with Crippen LogP contribution in [-0.2, 0) is 0 Å². The molecule has 0 aromatic carbocycles. The average molecular weight is 165 g/mol. The van der Waals surface area contributed by atoms with E-state index in [1.54, 1.807) is 12.5 Å². The molecule has 1 aromatic heterocycles. The smallest absolute Gasteiger partial charge is 0.146 e. The van der Waals surface area contributed by atoms with Gasteiger partial charge in [-0.2, -0.15) is 5.10 Å². The number of nitrogens with zero attached hydrogens (tertiary/aromatic N) is 2. The number of rotatable bonds is 2. The first-order chi connectivity index (χ1) is 5.95. The Morgan fingerprint density at radius 3 is 3.33 bits per heavy atom. The van der Waals surface area contributed by atoms with Crippen molar-refractivity contribution in [3.8, 4) is 0 Å². The topological polar surface area (TPSA) is 40.8 Å². The minimum atomic E-state index is 0.793. The summed E-state index contributed by atoms with van der Waals surface area (Å²) in [5, 5.41) is 9.36. The van der Waals surface area contributed by atoms with Crippen molar-refractivity contribution in [2.24, 2.45) is 5.10 Å². The Morgan fingerprint density at radius 1 is 1.67 bits per heavy atom. The van der Waals surface area contributed by atoms with E-state index in [1.807, 2.05) is 17.1 Å². The van der Waals surface area contributed by atoms with Gasteiger partial charge in [0.05, 0.1) is 25.7 Å². The summed E-state index contributed by atoms with van der Waals surface area (Å²) >= 11 is 0.